The Morgan fingerprint density at radius 1 is 1.58 bits per heavy atom. The van der Waals surface area contributed by atoms with Gasteiger partial charge in [0.05, 0.1) is 12.7 Å². The number of aliphatic hydroxyl groups is 1. The Kier molecular flexibility index (Phi) is 8.01. The first-order chi connectivity index (χ1) is 5.70. The summed E-state index contributed by atoms with van der Waals surface area (Å²) in [5.74, 6) is 0.707. The van der Waals surface area contributed by atoms with Gasteiger partial charge in [-0.25, -0.2) is 0 Å². The lowest BCUT2D eigenvalue weighted by Gasteiger charge is -2.12. The van der Waals surface area contributed by atoms with Gasteiger partial charge >= 0.3 is 0 Å². The first-order valence-corrected chi connectivity index (χ1v) is 5.33. The van der Waals surface area contributed by atoms with E-state index in [9.17, 15) is 5.11 Å². The zero-order valence-corrected chi connectivity index (χ0v) is 8.64. The number of hydrogen-bond donors (Lipinski definition) is 2. The van der Waals surface area contributed by atoms with Crippen LogP contribution in [0.5, 0.6) is 0 Å². The van der Waals surface area contributed by atoms with Gasteiger partial charge in [-0.1, -0.05) is 6.92 Å². The lowest BCUT2D eigenvalue weighted by atomic mass is 10.4. The Morgan fingerprint density at radius 2 is 2.25 bits per heavy atom. The molecule has 2 unspecified atom stereocenters. The predicted octanol–water partition coefficient (Wildman–Crippen LogP) is 0.464. The molecule has 0 saturated carbocycles. The van der Waals surface area contributed by atoms with E-state index in [1.54, 1.807) is 11.8 Å². The van der Waals surface area contributed by atoms with Crippen LogP contribution in [0.1, 0.15) is 13.8 Å². The fourth-order valence-corrected chi connectivity index (χ4v) is 1.43. The summed E-state index contributed by atoms with van der Waals surface area (Å²) in [6.45, 7) is 5.72. The largest absolute Gasteiger partial charge is 0.390 e. The number of rotatable bonds is 7. The van der Waals surface area contributed by atoms with E-state index in [0.717, 1.165) is 0 Å². The summed E-state index contributed by atoms with van der Waals surface area (Å²) in [6.07, 6.45) is -0.357. The average molecular weight is 193 g/mol. The van der Waals surface area contributed by atoms with Crippen LogP contribution < -0.4 is 5.73 Å². The molecule has 0 bridgehead atoms. The fourth-order valence-electron chi connectivity index (χ4n) is 0.645. The van der Waals surface area contributed by atoms with Crippen LogP contribution in [-0.4, -0.2) is 42.0 Å². The van der Waals surface area contributed by atoms with Crippen molar-refractivity contribution in [1.82, 2.24) is 0 Å². The normalized spacial score (nSPS) is 16.0. The van der Waals surface area contributed by atoms with E-state index >= 15 is 0 Å². The Bertz CT molecular complexity index is 103. The highest BCUT2D eigenvalue weighted by Gasteiger charge is 2.06. The Balaban J connectivity index is 3.24. The molecule has 0 aromatic rings. The second kappa shape index (κ2) is 7.86. The van der Waals surface area contributed by atoms with Gasteiger partial charge in [-0.2, -0.15) is 11.8 Å². The lowest BCUT2D eigenvalue weighted by Crippen LogP contribution is -2.21. The van der Waals surface area contributed by atoms with E-state index in [0.29, 0.717) is 30.8 Å². The second-order valence-electron chi connectivity index (χ2n) is 2.69. The third kappa shape index (κ3) is 6.91. The van der Waals surface area contributed by atoms with Crippen molar-refractivity contribution in [1.29, 1.82) is 0 Å². The molecular formula is C8H19NO2S. The van der Waals surface area contributed by atoms with Crippen molar-refractivity contribution in [2.75, 3.05) is 25.5 Å². The van der Waals surface area contributed by atoms with E-state index < -0.39 is 0 Å². The molecule has 0 amide bonds. The number of hydrogen-bond acceptors (Lipinski definition) is 4. The summed E-state index contributed by atoms with van der Waals surface area (Å²) in [6, 6.07) is 0. The quantitative estimate of drug-likeness (QED) is 0.617. The van der Waals surface area contributed by atoms with Crippen molar-refractivity contribution < 1.29 is 9.84 Å². The molecule has 0 aromatic heterocycles. The van der Waals surface area contributed by atoms with Crippen molar-refractivity contribution in [2.24, 2.45) is 5.73 Å². The Morgan fingerprint density at radius 3 is 2.75 bits per heavy atom. The molecule has 0 fully saturated rings. The monoisotopic (exact) mass is 193 g/mol. The first kappa shape index (κ1) is 12.2. The molecule has 0 saturated heterocycles. The highest BCUT2D eigenvalue weighted by Crippen LogP contribution is 2.10. The van der Waals surface area contributed by atoms with Crippen molar-refractivity contribution in [2.45, 2.75) is 25.2 Å². The molecule has 3 N–H and O–H groups in total. The molecule has 0 aliphatic carbocycles. The highest BCUT2D eigenvalue weighted by atomic mass is 32.2. The van der Waals surface area contributed by atoms with Gasteiger partial charge in [0, 0.05) is 24.2 Å². The summed E-state index contributed by atoms with van der Waals surface area (Å²) < 4.78 is 5.07. The van der Waals surface area contributed by atoms with Crippen molar-refractivity contribution >= 4 is 11.8 Å². The van der Waals surface area contributed by atoms with E-state index in [-0.39, 0.29) is 6.10 Å². The summed E-state index contributed by atoms with van der Waals surface area (Å²) in [5.41, 5.74) is 5.42. The van der Waals surface area contributed by atoms with Crippen LogP contribution in [0, 0.1) is 0 Å². The molecular weight excluding hydrogens is 174 g/mol. The molecule has 74 valence electrons. The van der Waals surface area contributed by atoms with Crippen LogP contribution in [0.25, 0.3) is 0 Å². The first-order valence-electron chi connectivity index (χ1n) is 4.28. The predicted molar refractivity (Wildman–Crippen MR) is 53.5 cm³/mol. The number of thioether (sulfide) groups is 1. The molecule has 3 nitrogen and oxygen atoms in total. The maximum Gasteiger partial charge on any atom is 0.0863 e. The van der Waals surface area contributed by atoms with Gasteiger partial charge in [0.2, 0.25) is 0 Å². The number of nitrogens with two attached hydrogens (primary N) is 1. The number of aliphatic hydroxyl groups excluding tert-OH is 1. The molecule has 0 aliphatic heterocycles. The van der Waals surface area contributed by atoms with Gasteiger partial charge in [-0.15, -0.1) is 0 Å². The lowest BCUT2D eigenvalue weighted by molar-refractivity contribution is 0.0551. The van der Waals surface area contributed by atoms with Gasteiger partial charge in [-0.3, -0.25) is 0 Å². The van der Waals surface area contributed by atoms with E-state index in [2.05, 4.69) is 6.92 Å². The molecule has 0 aliphatic rings. The zero-order chi connectivity index (χ0) is 9.40. The van der Waals surface area contributed by atoms with Crippen LogP contribution in [-0.2, 0) is 4.74 Å². The van der Waals surface area contributed by atoms with Crippen LogP contribution in [0.15, 0.2) is 0 Å². The standard InChI is InChI=1S/C8H19NO2S/c1-3-11-5-8(10)6-12-7(2)4-9/h7-8,10H,3-6,9H2,1-2H3. The van der Waals surface area contributed by atoms with Crippen molar-refractivity contribution in [3.05, 3.63) is 0 Å². The van der Waals surface area contributed by atoms with Crippen molar-refractivity contribution in [3.8, 4) is 0 Å². The fraction of sp³-hybridized carbons (Fsp3) is 1.00. The maximum absolute atomic E-state index is 9.34. The van der Waals surface area contributed by atoms with Crippen LogP contribution >= 0.6 is 11.8 Å². The van der Waals surface area contributed by atoms with Gasteiger partial charge in [-0.05, 0) is 6.92 Å². The van der Waals surface area contributed by atoms with Crippen LogP contribution in [0.3, 0.4) is 0 Å². The van der Waals surface area contributed by atoms with Gasteiger partial charge in [0.15, 0.2) is 0 Å². The Labute approximate surface area is 78.7 Å². The number of ether oxygens (including phenoxy) is 1. The van der Waals surface area contributed by atoms with E-state index in [1.807, 2.05) is 6.92 Å². The highest BCUT2D eigenvalue weighted by molar-refractivity contribution is 7.99. The third-order valence-electron chi connectivity index (χ3n) is 1.42. The van der Waals surface area contributed by atoms with Gasteiger partial charge in [0.25, 0.3) is 0 Å². The molecule has 12 heavy (non-hydrogen) atoms. The molecule has 2 atom stereocenters. The minimum absolute atomic E-state index is 0.357. The second-order valence-corrected chi connectivity index (χ2v) is 4.16. The summed E-state index contributed by atoms with van der Waals surface area (Å²) >= 11 is 1.68. The van der Waals surface area contributed by atoms with Gasteiger partial charge in [0.1, 0.15) is 0 Å². The van der Waals surface area contributed by atoms with E-state index in [4.69, 9.17) is 10.5 Å². The minimum Gasteiger partial charge on any atom is -0.390 e. The van der Waals surface area contributed by atoms with Crippen molar-refractivity contribution in [3.63, 3.8) is 0 Å². The minimum atomic E-state index is -0.357. The molecule has 0 spiro atoms. The van der Waals surface area contributed by atoms with Gasteiger partial charge < -0.3 is 15.6 Å². The molecule has 0 radical (unpaired) electrons. The summed E-state index contributed by atoms with van der Waals surface area (Å²) in [4.78, 5) is 0. The molecule has 0 rings (SSSR count). The topological polar surface area (TPSA) is 55.5 Å². The Hall–Kier alpha value is 0.230. The maximum atomic E-state index is 9.34. The molecule has 4 heteroatoms. The molecule has 0 heterocycles. The smallest absolute Gasteiger partial charge is 0.0863 e. The summed E-state index contributed by atoms with van der Waals surface area (Å²) in [7, 11) is 0. The molecule has 0 aromatic carbocycles. The van der Waals surface area contributed by atoms with Crippen LogP contribution in [0.2, 0.25) is 0 Å². The summed E-state index contributed by atoms with van der Waals surface area (Å²) in [5, 5.41) is 9.76. The van der Waals surface area contributed by atoms with Crippen LogP contribution in [0.4, 0.5) is 0 Å². The van der Waals surface area contributed by atoms with E-state index in [1.165, 1.54) is 0 Å². The SMILES string of the molecule is CCOCC(O)CSC(C)CN. The zero-order valence-electron chi connectivity index (χ0n) is 7.82. The average Bonchev–Trinajstić information content (AvgIpc) is 2.10. The third-order valence-corrected chi connectivity index (χ3v) is 2.76.